The second kappa shape index (κ2) is 24.6. The monoisotopic (exact) mass is 1080 g/mol. The first-order valence-electron chi connectivity index (χ1n) is 22.9. The van der Waals surface area contributed by atoms with Gasteiger partial charge in [-0.25, -0.2) is 19.1 Å². The van der Waals surface area contributed by atoms with Gasteiger partial charge in [-0.2, -0.15) is 9.97 Å². The van der Waals surface area contributed by atoms with E-state index in [1.54, 1.807) is 27.7 Å². The van der Waals surface area contributed by atoms with Gasteiger partial charge in [0.05, 0.1) is 78.7 Å². The van der Waals surface area contributed by atoms with E-state index < -0.39 is 119 Å². The molecule has 3 fully saturated rings. The summed E-state index contributed by atoms with van der Waals surface area (Å²) >= 11 is 0. The summed E-state index contributed by atoms with van der Waals surface area (Å²) in [5, 5.41) is 19.2. The highest BCUT2D eigenvalue weighted by atomic mass is 31.2. The number of H-pyrrole nitrogens is 2. The van der Waals surface area contributed by atoms with Crippen LogP contribution in [0.15, 0.2) is 22.2 Å². The molecule has 0 aliphatic carbocycles. The number of aliphatic hydroxyl groups is 1. The fraction of sp³-hybridized carbons (Fsp3) is 0.667. The standard InChI is InChI=1S/C39H58N12O20P2/c1-19(2)32(54)46-38-44-30-25(34(56)48-38)41-17-50(30)36-24(43-23(52)5-7-62-9-11-64-13-14-65-12-10-63-8-6-40)28-21(68-36)15-66-73(60,61)71-29-22(16-67-72(58,59)70-28)69-37(27(29)53)51-18-42-26-31(51)45-39(49-35(26)57)47-33(55)20(3)4/h17-22,24,27-29,36-37,53H,5-16,40H2,1-4H3,(H,43,52)(H,58,59)(H,60,61)(H2,44,46,48,54,56)(H2,45,47,49,55,57)/t21-,22-,24+,27+,28?,29?,36-,37-/m1/s1. The summed E-state index contributed by atoms with van der Waals surface area (Å²) in [5.41, 5.74) is 2.89. The first-order chi connectivity index (χ1) is 34.8. The van der Waals surface area contributed by atoms with Crippen molar-refractivity contribution in [2.45, 2.75) is 83.1 Å². The molecule has 3 aliphatic rings. The average molecular weight is 1080 g/mol. The maximum absolute atomic E-state index is 14.0. The van der Waals surface area contributed by atoms with Gasteiger partial charge >= 0.3 is 15.6 Å². The van der Waals surface area contributed by atoms with Crippen molar-refractivity contribution >= 4 is 67.6 Å². The number of carbonyl (C=O) groups excluding carboxylic acids is 3. The summed E-state index contributed by atoms with van der Waals surface area (Å²) in [6.07, 6.45) is -10.1. The lowest BCUT2D eigenvalue weighted by molar-refractivity contribution is -0.124. The molecule has 4 unspecified atom stereocenters. The van der Waals surface area contributed by atoms with Gasteiger partial charge in [-0.05, 0) is 0 Å². The zero-order valence-corrected chi connectivity index (χ0v) is 41.6. The SMILES string of the molecule is CC(C)C(=O)Nc1nc2c(ncn2[C@@H]2O[C@@H]3COP(=O)(O)OC4[C@@H](COP(=O)(O)OC3[C@@H]2O)O[C@@H](n2cnc3c(=O)[nH]c(NC(=O)C(C)C)nc32)[C@H]4NC(=O)CCOCCOCCOCCOCCN)c(=O)[nH]1. The van der Waals surface area contributed by atoms with Gasteiger partial charge in [-0.15, -0.1) is 0 Å². The lowest BCUT2D eigenvalue weighted by Gasteiger charge is -2.29. The summed E-state index contributed by atoms with van der Waals surface area (Å²) < 4.78 is 85.8. The van der Waals surface area contributed by atoms with Crippen molar-refractivity contribution in [3.63, 3.8) is 0 Å². The van der Waals surface area contributed by atoms with Gasteiger partial charge in [0.15, 0.2) is 34.8 Å². The van der Waals surface area contributed by atoms with E-state index in [-0.39, 0.29) is 67.1 Å². The number of amides is 3. The number of aromatic nitrogens is 8. The van der Waals surface area contributed by atoms with E-state index in [4.69, 9.17) is 52.2 Å². The molecule has 34 heteroatoms. The Bertz CT molecular complexity index is 2790. The van der Waals surface area contributed by atoms with Crippen LogP contribution in [0.25, 0.3) is 22.3 Å². The average Bonchev–Trinajstić information content (AvgIpc) is 4.10. The number of rotatable bonds is 21. The number of hydrogen-bond donors (Lipinski definition) is 9. The third kappa shape index (κ3) is 14.0. The predicted molar refractivity (Wildman–Crippen MR) is 247 cm³/mol. The van der Waals surface area contributed by atoms with Gasteiger partial charge < -0.3 is 54.4 Å². The minimum Gasteiger partial charge on any atom is -0.386 e. The van der Waals surface area contributed by atoms with E-state index in [2.05, 4.69) is 45.9 Å². The molecule has 10 atom stereocenters. The zero-order valence-electron chi connectivity index (χ0n) is 39.9. The van der Waals surface area contributed by atoms with E-state index in [1.807, 2.05) is 0 Å². The summed E-state index contributed by atoms with van der Waals surface area (Å²) in [5.74, 6) is -3.28. The summed E-state index contributed by atoms with van der Waals surface area (Å²) in [7, 11) is -10.7. The Hall–Kier alpha value is -4.99. The van der Waals surface area contributed by atoms with Crippen LogP contribution in [0.5, 0.6) is 0 Å². The van der Waals surface area contributed by atoms with Gasteiger partial charge in [0.2, 0.25) is 29.6 Å². The number of phosphoric ester groups is 2. The lowest BCUT2D eigenvalue weighted by Crippen LogP contribution is -2.48. The molecule has 0 spiro atoms. The number of fused-ring (bicyclic) bond motifs is 4. The molecule has 4 aromatic heterocycles. The van der Waals surface area contributed by atoms with Crippen molar-refractivity contribution in [3.8, 4) is 0 Å². The minimum absolute atomic E-state index is 0.0937. The third-order valence-electron chi connectivity index (χ3n) is 11.1. The van der Waals surface area contributed by atoms with Gasteiger partial charge in [0.1, 0.15) is 36.6 Å². The van der Waals surface area contributed by atoms with Gasteiger partial charge in [0.25, 0.3) is 11.1 Å². The molecule has 73 heavy (non-hydrogen) atoms. The molecule has 0 bridgehead atoms. The molecule has 7 heterocycles. The fourth-order valence-corrected chi connectivity index (χ4v) is 9.38. The van der Waals surface area contributed by atoms with Crippen molar-refractivity contribution in [1.29, 1.82) is 0 Å². The van der Waals surface area contributed by atoms with Gasteiger partial charge in [0, 0.05) is 24.8 Å². The molecule has 0 aromatic carbocycles. The van der Waals surface area contributed by atoms with Crippen LogP contribution in [-0.2, 0) is 70.0 Å². The molecular weight excluding hydrogens is 1020 g/mol. The van der Waals surface area contributed by atoms with Crippen molar-refractivity contribution in [2.24, 2.45) is 17.6 Å². The number of nitrogens with one attached hydrogen (secondary N) is 5. The van der Waals surface area contributed by atoms with Crippen molar-refractivity contribution in [2.75, 3.05) is 83.2 Å². The summed E-state index contributed by atoms with van der Waals surface area (Å²) in [4.78, 5) is 109. The number of ether oxygens (including phenoxy) is 6. The lowest BCUT2D eigenvalue weighted by atomic mass is 10.1. The highest BCUT2D eigenvalue weighted by Crippen LogP contribution is 2.53. The van der Waals surface area contributed by atoms with Crippen LogP contribution < -0.4 is 32.8 Å². The highest BCUT2D eigenvalue weighted by Gasteiger charge is 2.54. The minimum atomic E-state index is -5.34. The van der Waals surface area contributed by atoms with Crippen molar-refractivity contribution in [1.82, 2.24) is 44.4 Å². The topological polar surface area (TPSA) is 428 Å². The van der Waals surface area contributed by atoms with Crippen LogP contribution in [0.3, 0.4) is 0 Å². The van der Waals surface area contributed by atoms with E-state index in [0.717, 1.165) is 21.8 Å². The Morgan fingerprint density at radius 1 is 0.726 bits per heavy atom. The molecule has 0 radical (unpaired) electrons. The first kappa shape index (κ1) is 55.8. The third-order valence-corrected chi connectivity index (χ3v) is 13.1. The number of carbonyl (C=O) groups is 3. The molecule has 32 nitrogen and oxygen atoms in total. The fourth-order valence-electron chi connectivity index (χ4n) is 7.44. The van der Waals surface area contributed by atoms with Gasteiger partial charge in [-0.1, -0.05) is 27.7 Å². The molecule has 404 valence electrons. The number of aliphatic hydroxyl groups excluding tert-OH is 1. The van der Waals surface area contributed by atoms with Crippen LogP contribution in [0.1, 0.15) is 46.6 Å². The van der Waals surface area contributed by atoms with E-state index in [1.165, 1.54) is 0 Å². The van der Waals surface area contributed by atoms with Gasteiger partial charge in [-0.3, -0.25) is 71.8 Å². The largest absolute Gasteiger partial charge is 0.472 e. The smallest absolute Gasteiger partial charge is 0.386 e. The van der Waals surface area contributed by atoms with Crippen LogP contribution in [0.2, 0.25) is 0 Å². The normalized spacial score (nSPS) is 27.7. The number of phosphoric acid groups is 2. The molecule has 4 aromatic rings. The molecule has 3 aliphatic heterocycles. The number of hydrogen-bond acceptors (Lipinski definition) is 23. The Balaban J connectivity index is 1.11. The van der Waals surface area contributed by atoms with E-state index in [9.17, 15) is 48.0 Å². The predicted octanol–water partition coefficient (Wildman–Crippen LogP) is -1.48. The summed E-state index contributed by atoms with van der Waals surface area (Å²) in [6, 6.07) is -1.54. The maximum Gasteiger partial charge on any atom is 0.472 e. The Morgan fingerprint density at radius 3 is 1.66 bits per heavy atom. The molecule has 3 amide bonds. The van der Waals surface area contributed by atoms with E-state index in [0.29, 0.717) is 33.0 Å². The molecule has 3 saturated heterocycles. The number of anilines is 2. The number of nitrogens with two attached hydrogens (primary N) is 1. The quantitative estimate of drug-likeness (QED) is 0.0339. The van der Waals surface area contributed by atoms with Crippen LogP contribution in [-0.4, -0.2) is 181 Å². The first-order valence-corrected chi connectivity index (χ1v) is 25.9. The van der Waals surface area contributed by atoms with Crippen LogP contribution >= 0.6 is 15.6 Å². The molecular formula is C39H58N12O20P2. The van der Waals surface area contributed by atoms with Crippen LogP contribution in [0.4, 0.5) is 11.9 Å². The maximum atomic E-state index is 14.0. The molecule has 0 saturated carbocycles. The zero-order chi connectivity index (χ0) is 52.6. The van der Waals surface area contributed by atoms with Crippen LogP contribution in [0, 0.1) is 11.8 Å². The highest BCUT2D eigenvalue weighted by molar-refractivity contribution is 7.47. The van der Waals surface area contributed by atoms with Crippen molar-refractivity contribution < 1.29 is 84.9 Å². The number of imidazole rings is 2. The summed E-state index contributed by atoms with van der Waals surface area (Å²) in [6.45, 7) is 6.79. The number of aromatic amines is 2. The molecule has 7 rings (SSSR count). The van der Waals surface area contributed by atoms with E-state index >= 15 is 0 Å². The Kier molecular flexibility index (Phi) is 18.8. The second-order valence-electron chi connectivity index (χ2n) is 17.1. The van der Waals surface area contributed by atoms with Crippen molar-refractivity contribution in [3.05, 3.63) is 33.4 Å². The Labute approximate surface area is 413 Å². The number of nitrogens with zero attached hydrogens (tertiary/aromatic N) is 6. The molecule has 10 N–H and O–H groups in total. The Morgan fingerprint density at radius 2 is 1.16 bits per heavy atom. The second-order valence-corrected chi connectivity index (χ2v) is 19.9.